The van der Waals surface area contributed by atoms with Gasteiger partial charge in [-0.25, -0.2) is 4.79 Å². The monoisotopic (exact) mass is 352 g/mol. The van der Waals surface area contributed by atoms with Crippen molar-refractivity contribution in [2.24, 2.45) is 0 Å². The first-order chi connectivity index (χ1) is 12.8. The third kappa shape index (κ3) is 5.09. The first-order valence-electron chi connectivity index (χ1n) is 9.55. The molecule has 2 aromatic rings. The molecule has 4 nitrogen and oxygen atoms in total. The number of hydrogen-bond acceptors (Lipinski definition) is 2. The number of hydrogen-bond donors (Lipinski definition) is 1. The molecule has 2 aromatic carbocycles. The first-order valence-corrected chi connectivity index (χ1v) is 9.55. The van der Waals surface area contributed by atoms with Gasteiger partial charge in [0.2, 0.25) is 0 Å². The van der Waals surface area contributed by atoms with E-state index in [4.69, 9.17) is 4.74 Å². The fourth-order valence-corrected chi connectivity index (χ4v) is 3.28. The molecule has 2 amide bonds. The Kier molecular flexibility index (Phi) is 6.67. The molecule has 0 spiro atoms. The van der Waals surface area contributed by atoms with E-state index in [9.17, 15) is 4.79 Å². The Hall–Kier alpha value is -2.33. The summed E-state index contributed by atoms with van der Waals surface area (Å²) in [7, 11) is 0. The van der Waals surface area contributed by atoms with Gasteiger partial charge in [0.05, 0.1) is 6.10 Å². The lowest BCUT2D eigenvalue weighted by Gasteiger charge is -2.32. The zero-order valence-corrected chi connectivity index (χ0v) is 15.5. The van der Waals surface area contributed by atoms with E-state index < -0.39 is 0 Å². The molecular weight excluding hydrogens is 324 g/mol. The molecule has 1 atom stereocenters. The first kappa shape index (κ1) is 18.5. The second-order valence-corrected chi connectivity index (χ2v) is 6.80. The number of likely N-dealkylation sites (tertiary alicyclic amines) is 1. The summed E-state index contributed by atoms with van der Waals surface area (Å²) in [5, 5.41) is 3.04. The molecule has 1 aliphatic heterocycles. The quantitative estimate of drug-likeness (QED) is 0.834. The lowest BCUT2D eigenvalue weighted by atomic mass is 10.0. The lowest BCUT2D eigenvalue weighted by Crippen LogP contribution is -2.47. The topological polar surface area (TPSA) is 41.6 Å². The highest BCUT2D eigenvalue weighted by atomic mass is 16.5. The predicted octanol–water partition coefficient (Wildman–Crippen LogP) is 4.45. The van der Waals surface area contributed by atoms with Gasteiger partial charge in [-0.3, -0.25) is 0 Å². The van der Waals surface area contributed by atoms with E-state index in [1.165, 1.54) is 11.1 Å². The van der Waals surface area contributed by atoms with E-state index >= 15 is 0 Å². The number of piperidine rings is 1. The highest BCUT2D eigenvalue weighted by molar-refractivity contribution is 5.74. The summed E-state index contributed by atoms with van der Waals surface area (Å²) in [6.07, 6.45) is 3.25. The number of carbonyl (C=O) groups excluding carboxylic acids is 1. The summed E-state index contributed by atoms with van der Waals surface area (Å²) in [6, 6.07) is 18.7. The van der Waals surface area contributed by atoms with Gasteiger partial charge in [0.15, 0.2) is 0 Å². The molecule has 0 aromatic heterocycles. The van der Waals surface area contributed by atoms with Crippen LogP contribution < -0.4 is 5.32 Å². The summed E-state index contributed by atoms with van der Waals surface area (Å²) in [6.45, 7) is 4.93. The third-order valence-electron chi connectivity index (χ3n) is 4.73. The Morgan fingerprint density at radius 1 is 1.12 bits per heavy atom. The van der Waals surface area contributed by atoms with Crippen LogP contribution in [-0.2, 0) is 11.3 Å². The van der Waals surface area contributed by atoms with Crippen LogP contribution in [0.15, 0.2) is 54.6 Å². The van der Waals surface area contributed by atoms with Crippen LogP contribution in [0.1, 0.15) is 31.7 Å². The van der Waals surface area contributed by atoms with Crippen LogP contribution in [0.4, 0.5) is 4.79 Å². The SMILES string of the molecule is CCCOC1CCCN(C(=O)NCc2ccc(-c3ccccc3)cc2)C1. The van der Waals surface area contributed by atoms with E-state index in [0.717, 1.165) is 38.0 Å². The van der Waals surface area contributed by atoms with Crippen LogP contribution in [0, 0.1) is 0 Å². The van der Waals surface area contributed by atoms with E-state index in [2.05, 4.69) is 48.6 Å². The van der Waals surface area contributed by atoms with Crippen LogP contribution in [-0.4, -0.2) is 36.7 Å². The molecule has 1 unspecified atom stereocenters. The summed E-state index contributed by atoms with van der Waals surface area (Å²) >= 11 is 0. The molecule has 0 aliphatic carbocycles. The lowest BCUT2D eigenvalue weighted by molar-refractivity contribution is 0.0100. The van der Waals surface area contributed by atoms with E-state index in [1.807, 2.05) is 23.1 Å². The van der Waals surface area contributed by atoms with Crippen molar-refractivity contribution in [3.8, 4) is 11.1 Å². The fourth-order valence-electron chi connectivity index (χ4n) is 3.28. The zero-order valence-electron chi connectivity index (χ0n) is 15.5. The second kappa shape index (κ2) is 9.39. The van der Waals surface area contributed by atoms with Crippen molar-refractivity contribution in [1.82, 2.24) is 10.2 Å². The van der Waals surface area contributed by atoms with Gasteiger partial charge in [-0.05, 0) is 36.0 Å². The van der Waals surface area contributed by atoms with Crippen molar-refractivity contribution < 1.29 is 9.53 Å². The molecule has 0 radical (unpaired) electrons. The molecule has 1 heterocycles. The van der Waals surface area contributed by atoms with Crippen molar-refractivity contribution >= 4 is 6.03 Å². The number of ether oxygens (including phenoxy) is 1. The van der Waals surface area contributed by atoms with Crippen LogP contribution >= 0.6 is 0 Å². The molecule has 1 N–H and O–H groups in total. The van der Waals surface area contributed by atoms with Gasteiger partial charge in [-0.1, -0.05) is 61.5 Å². The summed E-state index contributed by atoms with van der Waals surface area (Å²) in [5.41, 5.74) is 3.50. The molecular formula is C22H28N2O2. The maximum Gasteiger partial charge on any atom is 0.317 e. The highest BCUT2D eigenvalue weighted by Crippen LogP contribution is 2.19. The molecule has 3 rings (SSSR count). The van der Waals surface area contributed by atoms with Crippen molar-refractivity contribution in [3.05, 3.63) is 60.2 Å². The van der Waals surface area contributed by atoms with E-state index in [0.29, 0.717) is 13.1 Å². The van der Waals surface area contributed by atoms with Crippen molar-refractivity contribution in [2.75, 3.05) is 19.7 Å². The van der Waals surface area contributed by atoms with E-state index in [1.54, 1.807) is 0 Å². The standard InChI is InChI=1S/C22H28N2O2/c1-2-15-26-21-9-6-14-24(17-21)22(25)23-16-18-10-12-20(13-11-18)19-7-4-3-5-8-19/h3-5,7-8,10-13,21H,2,6,9,14-17H2,1H3,(H,23,25). The van der Waals surface area contributed by atoms with Gasteiger partial charge in [0.1, 0.15) is 0 Å². The molecule has 138 valence electrons. The highest BCUT2D eigenvalue weighted by Gasteiger charge is 2.23. The molecule has 1 aliphatic rings. The Labute approximate surface area is 156 Å². The van der Waals surface area contributed by atoms with Crippen molar-refractivity contribution in [1.29, 1.82) is 0 Å². The second-order valence-electron chi connectivity index (χ2n) is 6.80. The summed E-state index contributed by atoms with van der Waals surface area (Å²) in [4.78, 5) is 14.3. The number of nitrogens with zero attached hydrogens (tertiary/aromatic N) is 1. The van der Waals surface area contributed by atoms with Crippen molar-refractivity contribution in [3.63, 3.8) is 0 Å². The van der Waals surface area contributed by atoms with Gasteiger partial charge in [-0.15, -0.1) is 0 Å². The average molecular weight is 352 g/mol. The maximum atomic E-state index is 12.4. The Morgan fingerprint density at radius 3 is 2.58 bits per heavy atom. The van der Waals surface area contributed by atoms with Gasteiger partial charge >= 0.3 is 6.03 Å². The smallest absolute Gasteiger partial charge is 0.317 e. The number of carbonyl (C=O) groups is 1. The number of amides is 2. The minimum absolute atomic E-state index is 0.00179. The number of nitrogens with one attached hydrogen (secondary N) is 1. The molecule has 1 saturated heterocycles. The van der Waals surface area contributed by atoms with Gasteiger partial charge in [-0.2, -0.15) is 0 Å². The van der Waals surface area contributed by atoms with Crippen LogP contribution in [0.25, 0.3) is 11.1 Å². The Morgan fingerprint density at radius 2 is 1.85 bits per heavy atom. The van der Waals surface area contributed by atoms with Crippen LogP contribution in [0.2, 0.25) is 0 Å². The van der Waals surface area contributed by atoms with Crippen LogP contribution in [0.3, 0.4) is 0 Å². The van der Waals surface area contributed by atoms with Gasteiger partial charge in [0, 0.05) is 26.2 Å². The largest absolute Gasteiger partial charge is 0.376 e. The number of rotatable bonds is 6. The molecule has 0 saturated carbocycles. The van der Waals surface area contributed by atoms with Crippen LogP contribution in [0.5, 0.6) is 0 Å². The van der Waals surface area contributed by atoms with E-state index in [-0.39, 0.29) is 12.1 Å². The van der Waals surface area contributed by atoms with Gasteiger partial charge < -0.3 is 15.0 Å². The number of benzene rings is 2. The fraction of sp³-hybridized carbons (Fsp3) is 0.409. The minimum Gasteiger partial charge on any atom is -0.376 e. The number of urea groups is 1. The summed E-state index contributed by atoms with van der Waals surface area (Å²) < 4.78 is 5.81. The van der Waals surface area contributed by atoms with Crippen molar-refractivity contribution in [2.45, 2.75) is 38.8 Å². The minimum atomic E-state index is 0.00179. The van der Waals surface area contributed by atoms with Gasteiger partial charge in [0.25, 0.3) is 0 Å². The zero-order chi connectivity index (χ0) is 18.2. The Balaban J connectivity index is 1.49. The Bertz CT molecular complexity index is 685. The molecule has 4 heteroatoms. The molecule has 1 fully saturated rings. The molecule has 26 heavy (non-hydrogen) atoms. The predicted molar refractivity (Wildman–Crippen MR) is 105 cm³/mol. The average Bonchev–Trinajstić information content (AvgIpc) is 2.71. The summed E-state index contributed by atoms with van der Waals surface area (Å²) in [5.74, 6) is 0. The molecule has 0 bridgehead atoms. The maximum absolute atomic E-state index is 12.4. The normalized spacial score (nSPS) is 17.1. The third-order valence-corrected chi connectivity index (χ3v) is 4.73.